The molecule has 1 fully saturated rings. The molecule has 12 nitrogen and oxygen atoms in total. The second-order valence-corrected chi connectivity index (χ2v) is 20.8. The van der Waals surface area contributed by atoms with E-state index in [1.165, 1.54) is 186 Å². The molecule has 2 unspecified atom stereocenters. The fraction of sp³-hybridized carbons (Fsp3) is 0.925. The Morgan fingerprint density at radius 1 is 0.500 bits per heavy atom. The first-order chi connectivity index (χ1) is 32.0. The van der Waals surface area contributed by atoms with Gasteiger partial charge in [0.25, 0.3) is 10.1 Å². The molecule has 0 radical (unpaired) electrons. The van der Waals surface area contributed by atoms with Crippen LogP contribution in [0.2, 0.25) is 0 Å². The minimum atomic E-state index is -4.61. The van der Waals surface area contributed by atoms with Crippen LogP contribution in [-0.4, -0.2) is 96.0 Å². The van der Waals surface area contributed by atoms with E-state index in [1.807, 2.05) is 6.08 Å². The molecule has 0 saturated carbocycles. The second-order valence-electron chi connectivity index (χ2n) is 19.3. The van der Waals surface area contributed by atoms with Gasteiger partial charge >= 0.3 is 11.9 Å². The highest BCUT2D eigenvalue weighted by Crippen LogP contribution is 2.24. The molecule has 1 aliphatic heterocycles. The standard InChI is InChI=1S/C53H100O12S/c1-3-5-7-9-11-13-15-17-19-20-21-22-23-24-25-26-28-29-31-33-35-37-39-41-48(54)62-43-46(44-63-53-52(58)51(57)50(56)47(65-53)45-66(59,60)61)64-49(55)42-40-38-36-34-32-30-27-18-16-14-12-10-8-6-4-2/h36,38,46-47,50-53,56-58H,3-35,37,39-45H2,1-2H3,(H,59,60,61)/b38-36+/t46-,47-,50-,51?,52?,53+/m1/s1. The molecule has 0 spiro atoms. The third kappa shape index (κ3) is 37.3. The summed E-state index contributed by atoms with van der Waals surface area (Å²) in [6, 6.07) is 0. The van der Waals surface area contributed by atoms with Crippen LogP contribution in [0.1, 0.15) is 258 Å². The van der Waals surface area contributed by atoms with Crippen LogP contribution in [0.15, 0.2) is 12.2 Å². The van der Waals surface area contributed by atoms with Crippen LogP contribution in [-0.2, 0) is 38.7 Å². The Morgan fingerprint density at radius 3 is 1.32 bits per heavy atom. The number of aliphatic hydroxyl groups excluding tert-OH is 3. The molecule has 0 bridgehead atoms. The largest absolute Gasteiger partial charge is 0.462 e. The van der Waals surface area contributed by atoms with Crippen LogP contribution in [0.25, 0.3) is 0 Å². The average Bonchev–Trinajstić information content (AvgIpc) is 3.28. The van der Waals surface area contributed by atoms with Gasteiger partial charge in [0.2, 0.25) is 0 Å². The van der Waals surface area contributed by atoms with Crippen molar-refractivity contribution in [2.24, 2.45) is 0 Å². The second kappa shape index (κ2) is 43.4. The van der Waals surface area contributed by atoms with Crippen molar-refractivity contribution in [1.82, 2.24) is 0 Å². The molecule has 0 aromatic rings. The molecule has 0 aliphatic carbocycles. The van der Waals surface area contributed by atoms with E-state index in [4.69, 9.17) is 18.9 Å². The predicted octanol–water partition coefficient (Wildman–Crippen LogP) is 12.6. The molecule has 1 aliphatic rings. The van der Waals surface area contributed by atoms with Crippen LogP contribution in [0, 0.1) is 0 Å². The summed E-state index contributed by atoms with van der Waals surface area (Å²) in [6.45, 7) is 3.78. The number of ether oxygens (including phenoxy) is 4. The number of unbranched alkanes of at least 4 members (excludes halogenated alkanes) is 33. The summed E-state index contributed by atoms with van der Waals surface area (Å²) in [7, 11) is -4.61. The Bertz CT molecular complexity index is 1260. The molecule has 390 valence electrons. The summed E-state index contributed by atoms with van der Waals surface area (Å²) < 4.78 is 54.2. The van der Waals surface area contributed by atoms with E-state index in [2.05, 4.69) is 19.9 Å². The maximum atomic E-state index is 12.8. The Balaban J connectivity index is 2.31. The van der Waals surface area contributed by atoms with Crippen molar-refractivity contribution in [1.29, 1.82) is 0 Å². The van der Waals surface area contributed by atoms with Crippen LogP contribution in [0.3, 0.4) is 0 Å². The molecule has 0 aromatic carbocycles. The van der Waals surface area contributed by atoms with Crippen molar-refractivity contribution in [2.75, 3.05) is 19.0 Å². The highest BCUT2D eigenvalue weighted by Gasteiger charge is 2.46. The number of carbonyl (C=O) groups excluding carboxylic acids is 2. The molecule has 4 N–H and O–H groups in total. The number of hydrogen-bond donors (Lipinski definition) is 4. The fourth-order valence-electron chi connectivity index (χ4n) is 8.64. The minimum absolute atomic E-state index is 0.0859. The van der Waals surface area contributed by atoms with E-state index in [1.54, 1.807) is 0 Å². The van der Waals surface area contributed by atoms with Crippen LogP contribution >= 0.6 is 0 Å². The summed E-state index contributed by atoms with van der Waals surface area (Å²) in [5.41, 5.74) is 0. The molecular formula is C53H100O12S. The maximum absolute atomic E-state index is 12.8. The lowest BCUT2D eigenvalue weighted by Crippen LogP contribution is -2.60. The third-order valence-corrected chi connectivity index (χ3v) is 13.6. The first kappa shape index (κ1) is 62.4. The van der Waals surface area contributed by atoms with Gasteiger partial charge in [-0.05, 0) is 25.7 Å². The van der Waals surface area contributed by atoms with Gasteiger partial charge in [0.1, 0.15) is 36.8 Å². The lowest BCUT2D eigenvalue weighted by molar-refractivity contribution is -0.297. The summed E-state index contributed by atoms with van der Waals surface area (Å²) in [6.07, 6.45) is 39.9. The van der Waals surface area contributed by atoms with E-state index in [-0.39, 0.29) is 19.4 Å². The van der Waals surface area contributed by atoms with Crippen LogP contribution in [0.5, 0.6) is 0 Å². The summed E-state index contributed by atoms with van der Waals surface area (Å²) in [4.78, 5) is 25.5. The van der Waals surface area contributed by atoms with Crippen molar-refractivity contribution in [3.63, 3.8) is 0 Å². The zero-order chi connectivity index (χ0) is 48.4. The van der Waals surface area contributed by atoms with Gasteiger partial charge in [0, 0.05) is 12.8 Å². The molecule has 13 heteroatoms. The molecule has 6 atom stereocenters. The molecule has 1 saturated heterocycles. The van der Waals surface area contributed by atoms with Crippen molar-refractivity contribution >= 4 is 22.1 Å². The molecule has 1 rings (SSSR count). The minimum Gasteiger partial charge on any atom is -0.462 e. The molecule has 1 heterocycles. The average molecular weight is 961 g/mol. The van der Waals surface area contributed by atoms with E-state index >= 15 is 0 Å². The Hall–Kier alpha value is -1.61. The lowest BCUT2D eigenvalue weighted by Gasteiger charge is -2.40. The topological polar surface area (TPSA) is 186 Å². The SMILES string of the molecule is CCCCCCCCCCCCC/C=C/CCC(=O)O[C@H](COC(=O)CCCCCCCCCCCCCCCCCCCCCCCCC)CO[C@H]1O[C@H](CS(=O)(=O)O)[C@@H](O)C(O)C1O. The van der Waals surface area contributed by atoms with Crippen LogP contribution in [0.4, 0.5) is 0 Å². The van der Waals surface area contributed by atoms with E-state index in [9.17, 15) is 37.9 Å². The first-order valence-electron chi connectivity index (χ1n) is 27.2. The number of hydrogen-bond acceptors (Lipinski definition) is 11. The van der Waals surface area contributed by atoms with Crippen molar-refractivity contribution in [3.05, 3.63) is 12.2 Å². The van der Waals surface area contributed by atoms with E-state index < -0.39 is 71.2 Å². The number of carbonyl (C=O) groups is 2. The van der Waals surface area contributed by atoms with Gasteiger partial charge in [-0.3, -0.25) is 14.1 Å². The maximum Gasteiger partial charge on any atom is 0.306 e. The van der Waals surface area contributed by atoms with Gasteiger partial charge in [-0.1, -0.05) is 231 Å². The van der Waals surface area contributed by atoms with Crippen molar-refractivity contribution in [2.45, 2.75) is 295 Å². The first-order valence-corrected chi connectivity index (χ1v) is 28.9. The lowest BCUT2D eigenvalue weighted by atomic mass is 10.00. The summed E-state index contributed by atoms with van der Waals surface area (Å²) in [5.74, 6) is -2.02. The van der Waals surface area contributed by atoms with Gasteiger partial charge in [0.15, 0.2) is 12.4 Å². The normalized spacial score (nSPS) is 19.4. The van der Waals surface area contributed by atoms with Gasteiger partial charge in [-0.15, -0.1) is 0 Å². The van der Waals surface area contributed by atoms with Gasteiger partial charge in [-0.25, -0.2) is 0 Å². The smallest absolute Gasteiger partial charge is 0.306 e. The zero-order valence-electron chi connectivity index (χ0n) is 42.1. The number of aliphatic hydroxyl groups is 3. The van der Waals surface area contributed by atoms with E-state index in [0.717, 1.165) is 32.1 Å². The summed E-state index contributed by atoms with van der Waals surface area (Å²) in [5, 5.41) is 31.0. The van der Waals surface area contributed by atoms with Crippen LogP contribution < -0.4 is 0 Å². The quantitative estimate of drug-likeness (QED) is 0.0196. The zero-order valence-corrected chi connectivity index (χ0v) is 42.9. The Morgan fingerprint density at radius 2 is 0.894 bits per heavy atom. The van der Waals surface area contributed by atoms with E-state index in [0.29, 0.717) is 12.8 Å². The fourth-order valence-corrected chi connectivity index (χ4v) is 9.33. The molecule has 0 amide bonds. The van der Waals surface area contributed by atoms with Crippen molar-refractivity contribution < 1.29 is 56.8 Å². The third-order valence-electron chi connectivity index (χ3n) is 12.9. The van der Waals surface area contributed by atoms with Gasteiger partial charge in [0.05, 0.1) is 6.61 Å². The summed E-state index contributed by atoms with van der Waals surface area (Å²) >= 11 is 0. The monoisotopic (exact) mass is 961 g/mol. The highest BCUT2D eigenvalue weighted by atomic mass is 32.2. The molecule has 66 heavy (non-hydrogen) atoms. The van der Waals surface area contributed by atoms with Gasteiger partial charge in [-0.2, -0.15) is 8.42 Å². The van der Waals surface area contributed by atoms with Crippen molar-refractivity contribution in [3.8, 4) is 0 Å². The number of rotatable bonds is 47. The van der Waals surface area contributed by atoms with Gasteiger partial charge < -0.3 is 34.3 Å². The Labute approximate surface area is 403 Å². The Kier molecular flexibility index (Phi) is 41.0. The highest BCUT2D eigenvalue weighted by molar-refractivity contribution is 7.85. The predicted molar refractivity (Wildman–Crippen MR) is 266 cm³/mol. The molecular weight excluding hydrogens is 861 g/mol. The number of allylic oxidation sites excluding steroid dienone is 2. The number of esters is 2. The molecule has 0 aromatic heterocycles.